The molecule has 10 nitrogen and oxygen atoms in total. The van der Waals surface area contributed by atoms with Gasteiger partial charge in [0, 0.05) is 66.6 Å². The number of hydrogen-bond donors (Lipinski definition) is 4. The minimum Gasteiger partial charge on any atom is -0.481 e. The molecule has 6 heterocycles. The Hall–Kier alpha value is -3.54. The zero-order valence-electron chi connectivity index (χ0n) is 21.4. The summed E-state index contributed by atoms with van der Waals surface area (Å²) in [6.45, 7) is 5.18. The van der Waals surface area contributed by atoms with Crippen molar-refractivity contribution < 1.29 is 29.3 Å². The first-order valence-electron chi connectivity index (χ1n) is 12.5. The molecule has 38 heavy (non-hydrogen) atoms. The van der Waals surface area contributed by atoms with E-state index in [0.29, 0.717) is 0 Å². The van der Waals surface area contributed by atoms with Gasteiger partial charge in [-0.2, -0.15) is 0 Å². The first-order chi connectivity index (χ1) is 18.2. The van der Waals surface area contributed by atoms with E-state index in [4.69, 9.17) is 24.5 Å². The Morgan fingerprint density at radius 3 is 2.53 bits per heavy atom. The highest BCUT2D eigenvalue weighted by Crippen LogP contribution is 2.47. The summed E-state index contributed by atoms with van der Waals surface area (Å²) in [5.41, 5.74) is 3.22. The molecule has 1 saturated heterocycles. The van der Waals surface area contributed by atoms with Crippen LogP contribution in [-0.4, -0.2) is 75.2 Å². The average Bonchev–Trinajstić information content (AvgIpc) is 3.64. The lowest BCUT2D eigenvalue weighted by atomic mass is 9.85. The van der Waals surface area contributed by atoms with E-state index in [0.717, 1.165) is 75.9 Å². The first-order valence-corrected chi connectivity index (χ1v) is 13.3. The highest BCUT2D eigenvalue weighted by atomic mass is 32.1. The van der Waals surface area contributed by atoms with E-state index in [1.165, 1.54) is 15.3 Å². The molecule has 0 aliphatic carbocycles. The lowest BCUT2D eigenvalue weighted by Crippen LogP contribution is -2.51. The van der Waals surface area contributed by atoms with Crippen molar-refractivity contribution in [1.29, 1.82) is 0 Å². The van der Waals surface area contributed by atoms with Gasteiger partial charge >= 0.3 is 0 Å². The summed E-state index contributed by atoms with van der Waals surface area (Å²) in [6, 6.07) is 6.42. The highest BCUT2D eigenvalue weighted by Gasteiger charge is 2.43. The summed E-state index contributed by atoms with van der Waals surface area (Å²) >= 11 is 1.84. The fourth-order valence-corrected chi connectivity index (χ4v) is 6.32. The van der Waals surface area contributed by atoms with E-state index in [9.17, 15) is 4.79 Å². The van der Waals surface area contributed by atoms with E-state index in [-0.39, 0.29) is 17.6 Å². The molecule has 3 aliphatic heterocycles. The second kappa shape index (κ2) is 11.9. The molecule has 11 heteroatoms. The third-order valence-corrected chi connectivity index (χ3v) is 8.00. The number of nitrogens with one attached hydrogen (secondary N) is 2. The predicted molar refractivity (Wildman–Crippen MR) is 144 cm³/mol. The lowest BCUT2D eigenvalue weighted by molar-refractivity contribution is -0.141. The van der Waals surface area contributed by atoms with Gasteiger partial charge in [0.25, 0.3) is 11.9 Å². The largest absolute Gasteiger partial charge is 0.481 e. The number of pyridine rings is 1. The number of fused-ring (bicyclic) bond motifs is 3. The molecule has 202 valence electrons. The molecule has 3 aromatic rings. The number of ether oxygens (including phenoxy) is 1. The molecule has 4 N–H and O–H groups in total. The van der Waals surface area contributed by atoms with Crippen LogP contribution in [-0.2, 0) is 31.1 Å². The van der Waals surface area contributed by atoms with Crippen LogP contribution in [0.3, 0.4) is 0 Å². The Labute approximate surface area is 224 Å². The Morgan fingerprint density at radius 2 is 1.87 bits per heavy atom. The van der Waals surface area contributed by atoms with Crippen molar-refractivity contribution in [3.05, 3.63) is 53.2 Å². The summed E-state index contributed by atoms with van der Waals surface area (Å²) in [6.07, 6.45) is 10.5. The van der Waals surface area contributed by atoms with E-state index in [1.807, 2.05) is 40.8 Å². The fraction of sp³-hybridized carbons (Fsp3) is 0.407. The lowest BCUT2D eigenvalue weighted by Gasteiger charge is -2.44. The van der Waals surface area contributed by atoms with Crippen LogP contribution in [0.4, 0.5) is 0 Å². The molecule has 0 radical (unpaired) electrons. The van der Waals surface area contributed by atoms with E-state index >= 15 is 0 Å². The molecule has 0 bridgehead atoms. The number of aromatic amines is 1. The van der Waals surface area contributed by atoms with Gasteiger partial charge in [-0.3, -0.25) is 19.7 Å². The molecule has 1 unspecified atom stereocenters. The number of aliphatic carboxylic acids is 2. The monoisotopic (exact) mass is 540 g/mol. The second-order valence-corrected chi connectivity index (χ2v) is 10.4. The number of H-pyrrole nitrogens is 1. The van der Waals surface area contributed by atoms with Gasteiger partial charge in [-0.25, -0.2) is 4.98 Å². The van der Waals surface area contributed by atoms with Crippen molar-refractivity contribution in [3.8, 4) is 10.4 Å². The van der Waals surface area contributed by atoms with E-state index in [2.05, 4.69) is 33.5 Å². The van der Waals surface area contributed by atoms with E-state index < -0.39 is 11.9 Å². The van der Waals surface area contributed by atoms with Crippen molar-refractivity contribution in [2.75, 3.05) is 26.2 Å². The number of carbonyl (C=O) groups is 3. The summed E-state index contributed by atoms with van der Waals surface area (Å²) in [7, 11) is 0. The summed E-state index contributed by atoms with van der Waals surface area (Å²) < 4.78 is 6.42. The fourth-order valence-electron chi connectivity index (χ4n) is 4.93. The zero-order valence-corrected chi connectivity index (χ0v) is 22.2. The number of carboxylic acid groups (broad SMARTS) is 2. The van der Waals surface area contributed by atoms with Crippen LogP contribution in [0.1, 0.15) is 37.1 Å². The van der Waals surface area contributed by atoms with Crippen molar-refractivity contribution in [1.82, 2.24) is 20.2 Å². The topological polar surface area (TPSA) is 145 Å². The summed E-state index contributed by atoms with van der Waals surface area (Å²) in [5.74, 6) is -1.48. The maximum Gasteiger partial charge on any atom is 0.300 e. The SMILES string of the molecule is CC(=O)O.CC(=O)O.O=C(C1C=CCN1)N1CCC2(CC1)OCCc1cc(-c3cnc4[nH]ccc4c3)sc12. The van der Waals surface area contributed by atoms with Crippen LogP contribution in [0.15, 0.2) is 42.7 Å². The normalized spacial score (nSPS) is 19.2. The summed E-state index contributed by atoms with van der Waals surface area (Å²) in [5, 5.41) is 19.2. The van der Waals surface area contributed by atoms with Gasteiger partial charge in [0.2, 0.25) is 5.91 Å². The van der Waals surface area contributed by atoms with Crippen LogP contribution >= 0.6 is 11.3 Å². The second-order valence-electron chi connectivity index (χ2n) is 9.37. The number of rotatable bonds is 2. The predicted octanol–water partition coefficient (Wildman–Crippen LogP) is 3.39. The van der Waals surface area contributed by atoms with Crippen LogP contribution in [0.25, 0.3) is 21.5 Å². The molecule has 3 aliphatic rings. The number of hydrogen-bond acceptors (Lipinski definition) is 7. The summed E-state index contributed by atoms with van der Waals surface area (Å²) in [4.78, 5) is 43.1. The van der Waals surface area contributed by atoms with Crippen molar-refractivity contribution in [2.24, 2.45) is 0 Å². The number of amides is 1. The minimum atomic E-state index is -0.833. The number of aromatic nitrogens is 2. The van der Waals surface area contributed by atoms with Gasteiger partial charge in [-0.15, -0.1) is 11.3 Å². The van der Waals surface area contributed by atoms with Crippen molar-refractivity contribution in [3.63, 3.8) is 0 Å². The standard InChI is InChI=1S/C23H24N4O2S.2C2H4O2/c28-22(18-2-1-7-24-18)27-9-5-23(6-10-27)20-15(4-11-29-23)13-19(30-20)17-12-16-3-8-25-21(16)26-14-17;2*1-2(3)4/h1-3,8,12-14,18,24H,4-7,9-11H2,(H,25,26);2*1H3,(H,3,4). The van der Waals surface area contributed by atoms with Crippen LogP contribution in [0.2, 0.25) is 0 Å². The van der Waals surface area contributed by atoms with Crippen molar-refractivity contribution >= 4 is 40.2 Å². The Balaban J connectivity index is 0.000000373. The van der Waals surface area contributed by atoms with Gasteiger partial charge in [-0.1, -0.05) is 12.2 Å². The molecule has 1 spiro atoms. The van der Waals surface area contributed by atoms with Crippen LogP contribution in [0.5, 0.6) is 0 Å². The molecule has 3 aromatic heterocycles. The molecule has 1 amide bonds. The number of likely N-dealkylation sites (tertiary alicyclic amines) is 1. The van der Waals surface area contributed by atoms with Gasteiger partial charge in [0.15, 0.2) is 0 Å². The number of thiophene rings is 1. The molecule has 1 fully saturated rings. The van der Waals surface area contributed by atoms with Gasteiger partial charge in [0.1, 0.15) is 17.3 Å². The van der Waals surface area contributed by atoms with Crippen molar-refractivity contribution in [2.45, 2.75) is 44.8 Å². The molecular weight excluding hydrogens is 508 g/mol. The van der Waals surface area contributed by atoms with Crippen LogP contribution < -0.4 is 5.32 Å². The highest BCUT2D eigenvalue weighted by molar-refractivity contribution is 7.15. The maximum atomic E-state index is 12.8. The van der Waals surface area contributed by atoms with Crippen LogP contribution in [0, 0.1) is 0 Å². The smallest absolute Gasteiger partial charge is 0.300 e. The number of carbonyl (C=O) groups excluding carboxylic acids is 1. The molecule has 1 atom stereocenters. The quantitative estimate of drug-likeness (QED) is 0.362. The average molecular weight is 541 g/mol. The number of nitrogens with zero attached hydrogens (tertiary/aromatic N) is 2. The molecular formula is C27H32N4O6S. The Morgan fingerprint density at radius 1 is 1.16 bits per heavy atom. The molecule has 0 saturated carbocycles. The Bertz CT molecular complexity index is 1320. The third-order valence-electron chi connectivity index (χ3n) is 6.59. The minimum absolute atomic E-state index is 0.161. The van der Waals surface area contributed by atoms with Gasteiger partial charge < -0.3 is 24.8 Å². The Kier molecular flexibility index (Phi) is 8.60. The maximum absolute atomic E-state index is 12.8. The van der Waals surface area contributed by atoms with Gasteiger partial charge in [-0.05, 0) is 43.0 Å². The molecule has 6 rings (SSSR count). The zero-order chi connectivity index (χ0) is 27.3. The number of carboxylic acids is 2. The third kappa shape index (κ3) is 6.29. The molecule has 0 aromatic carbocycles. The van der Waals surface area contributed by atoms with Gasteiger partial charge in [0.05, 0.1) is 6.61 Å². The first kappa shape index (κ1) is 27.5. The number of piperidine rings is 1. The van der Waals surface area contributed by atoms with E-state index in [1.54, 1.807) is 0 Å².